The molecule has 1 heterocycles. The zero-order valence-electron chi connectivity index (χ0n) is 9.35. The maximum Gasteiger partial charge on any atom is 0.227 e. The van der Waals surface area contributed by atoms with Crippen molar-refractivity contribution in [1.29, 1.82) is 0 Å². The molecule has 4 heteroatoms. The summed E-state index contributed by atoms with van der Waals surface area (Å²) in [6, 6.07) is 2.14. The van der Waals surface area contributed by atoms with E-state index in [9.17, 15) is 0 Å². The van der Waals surface area contributed by atoms with Gasteiger partial charge in [-0.15, -0.1) is 0 Å². The van der Waals surface area contributed by atoms with Gasteiger partial charge in [0.05, 0.1) is 0 Å². The van der Waals surface area contributed by atoms with Crippen molar-refractivity contribution in [3.8, 4) is 0 Å². The highest BCUT2D eigenvalue weighted by molar-refractivity contribution is 5.38. The minimum atomic E-state index is 0.424. The van der Waals surface area contributed by atoms with Crippen LogP contribution in [0.3, 0.4) is 0 Å². The first-order valence-corrected chi connectivity index (χ1v) is 5.52. The third-order valence-electron chi connectivity index (χ3n) is 2.70. The summed E-state index contributed by atoms with van der Waals surface area (Å²) in [6.07, 6.45) is 4.40. The molecule has 0 saturated heterocycles. The summed E-state index contributed by atoms with van der Waals surface area (Å²) in [7, 11) is 0. The van der Waals surface area contributed by atoms with Crippen molar-refractivity contribution >= 4 is 11.8 Å². The van der Waals surface area contributed by atoms with Crippen LogP contribution < -0.4 is 10.6 Å². The predicted molar refractivity (Wildman–Crippen MR) is 61.7 cm³/mol. The Morgan fingerprint density at radius 1 is 1.53 bits per heavy atom. The summed E-state index contributed by atoms with van der Waals surface area (Å²) in [4.78, 5) is 10.8. The van der Waals surface area contributed by atoms with Crippen molar-refractivity contribution in [3.05, 3.63) is 12.3 Å². The predicted octanol–water partition coefficient (Wildman–Crippen LogP) is 1.68. The number of hydrogen-bond acceptors (Lipinski definition) is 4. The van der Waals surface area contributed by atoms with Gasteiger partial charge in [-0.1, -0.05) is 0 Å². The lowest BCUT2D eigenvalue weighted by atomic mass is 10.3. The molecule has 0 bridgehead atoms. The standard InChI is InChI=1S/C11H18N4/c1-8(2)15(7-9-3-4-9)11-13-6-5-10(12)14-11/h5-6,8-9H,3-4,7H2,1-2H3,(H2,12,13,14). The van der Waals surface area contributed by atoms with E-state index < -0.39 is 0 Å². The fraction of sp³-hybridized carbons (Fsp3) is 0.636. The first-order chi connectivity index (χ1) is 7.16. The lowest BCUT2D eigenvalue weighted by Gasteiger charge is -2.26. The molecule has 1 saturated carbocycles. The molecule has 2 N–H and O–H groups in total. The molecule has 1 fully saturated rings. The van der Waals surface area contributed by atoms with Crippen LogP contribution >= 0.6 is 0 Å². The Bertz CT molecular complexity index is 333. The zero-order valence-corrected chi connectivity index (χ0v) is 9.35. The second-order valence-corrected chi connectivity index (χ2v) is 4.47. The first kappa shape index (κ1) is 10.2. The Morgan fingerprint density at radius 2 is 2.27 bits per heavy atom. The minimum Gasteiger partial charge on any atom is -0.384 e. The molecule has 2 rings (SSSR count). The van der Waals surface area contributed by atoms with Crippen LogP contribution in [-0.4, -0.2) is 22.6 Å². The maximum absolute atomic E-state index is 5.67. The van der Waals surface area contributed by atoms with Gasteiger partial charge in [0.15, 0.2) is 0 Å². The van der Waals surface area contributed by atoms with E-state index in [-0.39, 0.29) is 0 Å². The fourth-order valence-corrected chi connectivity index (χ4v) is 1.60. The summed E-state index contributed by atoms with van der Waals surface area (Å²) < 4.78 is 0. The molecular formula is C11H18N4. The monoisotopic (exact) mass is 206 g/mol. The first-order valence-electron chi connectivity index (χ1n) is 5.52. The van der Waals surface area contributed by atoms with Crippen LogP contribution in [0.2, 0.25) is 0 Å². The molecule has 0 aliphatic heterocycles. The molecule has 0 aromatic carbocycles. The van der Waals surface area contributed by atoms with Gasteiger partial charge in [0.1, 0.15) is 5.82 Å². The number of rotatable bonds is 4. The molecule has 15 heavy (non-hydrogen) atoms. The molecule has 0 atom stereocenters. The molecule has 0 unspecified atom stereocenters. The van der Waals surface area contributed by atoms with Crippen LogP contribution in [0.15, 0.2) is 12.3 Å². The normalized spacial score (nSPS) is 15.7. The summed E-state index contributed by atoms with van der Waals surface area (Å²) in [5.74, 6) is 2.13. The number of anilines is 2. The Balaban J connectivity index is 2.15. The van der Waals surface area contributed by atoms with Gasteiger partial charge in [-0.2, -0.15) is 4.98 Å². The largest absolute Gasteiger partial charge is 0.384 e. The van der Waals surface area contributed by atoms with E-state index in [4.69, 9.17) is 5.73 Å². The maximum atomic E-state index is 5.67. The average Bonchev–Trinajstić information content (AvgIpc) is 2.97. The molecule has 4 nitrogen and oxygen atoms in total. The van der Waals surface area contributed by atoms with Gasteiger partial charge in [0.2, 0.25) is 5.95 Å². The van der Waals surface area contributed by atoms with Gasteiger partial charge in [0.25, 0.3) is 0 Å². The quantitative estimate of drug-likeness (QED) is 0.814. The van der Waals surface area contributed by atoms with Crippen LogP contribution in [0.4, 0.5) is 11.8 Å². The van der Waals surface area contributed by atoms with Crippen LogP contribution in [-0.2, 0) is 0 Å². The van der Waals surface area contributed by atoms with Gasteiger partial charge < -0.3 is 10.6 Å². The van der Waals surface area contributed by atoms with E-state index in [0.29, 0.717) is 11.9 Å². The third kappa shape index (κ3) is 2.58. The Labute approximate surface area is 90.5 Å². The number of aromatic nitrogens is 2. The van der Waals surface area contributed by atoms with Gasteiger partial charge >= 0.3 is 0 Å². The summed E-state index contributed by atoms with van der Waals surface area (Å²) in [6.45, 7) is 5.38. The Hall–Kier alpha value is -1.32. The second-order valence-electron chi connectivity index (χ2n) is 4.47. The molecule has 0 spiro atoms. The molecule has 1 aromatic heterocycles. The van der Waals surface area contributed by atoms with Gasteiger partial charge in [-0.05, 0) is 38.7 Å². The van der Waals surface area contributed by atoms with Gasteiger partial charge in [-0.3, -0.25) is 0 Å². The Morgan fingerprint density at radius 3 is 2.80 bits per heavy atom. The van der Waals surface area contributed by atoms with Crippen molar-refractivity contribution in [2.24, 2.45) is 5.92 Å². The molecular weight excluding hydrogens is 188 g/mol. The van der Waals surface area contributed by atoms with Crippen LogP contribution in [0.5, 0.6) is 0 Å². The average molecular weight is 206 g/mol. The smallest absolute Gasteiger partial charge is 0.227 e. The zero-order chi connectivity index (χ0) is 10.8. The van der Waals surface area contributed by atoms with Crippen molar-refractivity contribution in [3.63, 3.8) is 0 Å². The minimum absolute atomic E-state index is 0.424. The van der Waals surface area contributed by atoms with Crippen molar-refractivity contribution in [1.82, 2.24) is 9.97 Å². The van der Waals surface area contributed by atoms with Gasteiger partial charge in [0, 0.05) is 18.8 Å². The highest BCUT2D eigenvalue weighted by atomic mass is 15.3. The third-order valence-corrected chi connectivity index (χ3v) is 2.70. The topological polar surface area (TPSA) is 55.0 Å². The van der Waals surface area contributed by atoms with E-state index >= 15 is 0 Å². The number of nitrogens with two attached hydrogens (primary N) is 1. The van der Waals surface area contributed by atoms with E-state index in [1.807, 2.05) is 0 Å². The highest BCUT2D eigenvalue weighted by Crippen LogP contribution is 2.31. The molecule has 0 amide bonds. The lowest BCUT2D eigenvalue weighted by molar-refractivity contribution is 0.628. The lowest BCUT2D eigenvalue weighted by Crippen LogP contribution is -2.34. The summed E-state index contributed by atoms with van der Waals surface area (Å²) >= 11 is 0. The Kier molecular flexibility index (Phi) is 2.75. The molecule has 1 aliphatic carbocycles. The van der Waals surface area contributed by atoms with Crippen molar-refractivity contribution in [2.45, 2.75) is 32.7 Å². The van der Waals surface area contributed by atoms with Crippen LogP contribution in [0, 0.1) is 5.92 Å². The van der Waals surface area contributed by atoms with E-state index in [1.54, 1.807) is 12.3 Å². The number of hydrogen-bond donors (Lipinski definition) is 1. The number of nitrogen functional groups attached to an aromatic ring is 1. The molecule has 1 aromatic rings. The summed E-state index contributed by atoms with van der Waals surface area (Å²) in [5, 5.41) is 0. The van der Waals surface area contributed by atoms with E-state index in [0.717, 1.165) is 18.4 Å². The van der Waals surface area contributed by atoms with Crippen molar-refractivity contribution < 1.29 is 0 Å². The van der Waals surface area contributed by atoms with E-state index in [1.165, 1.54) is 12.8 Å². The van der Waals surface area contributed by atoms with E-state index in [2.05, 4.69) is 28.7 Å². The van der Waals surface area contributed by atoms with Gasteiger partial charge in [-0.25, -0.2) is 4.98 Å². The highest BCUT2D eigenvalue weighted by Gasteiger charge is 2.26. The SMILES string of the molecule is CC(C)N(CC1CC1)c1nccc(N)n1. The van der Waals surface area contributed by atoms with Crippen LogP contribution in [0.1, 0.15) is 26.7 Å². The number of nitrogens with zero attached hydrogens (tertiary/aromatic N) is 3. The molecule has 82 valence electrons. The van der Waals surface area contributed by atoms with Crippen LogP contribution in [0.25, 0.3) is 0 Å². The van der Waals surface area contributed by atoms with Crippen molar-refractivity contribution in [2.75, 3.05) is 17.2 Å². The second kappa shape index (κ2) is 4.04. The molecule has 1 aliphatic rings. The molecule has 0 radical (unpaired) electrons. The fourth-order valence-electron chi connectivity index (χ4n) is 1.60. The summed E-state index contributed by atoms with van der Waals surface area (Å²) in [5.41, 5.74) is 5.67.